The van der Waals surface area contributed by atoms with E-state index in [2.05, 4.69) is 14.9 Å². The fourth-order valence-corrected chi connectivity index (χ4v) is 3.70. The average Bonchev–Trinajstić information content (AvgIpc) is 3.14. The maximum Gasteiger partial charge on any atom is 0.240 e. The van der Waals surface area contributed by atoms with E-state index in [0.717, 1.165) is 24.2 Å². The second-order valence-corrected chi connectivity index (χ2v) is 7.04. The first-order chi connectivity index (χ1) is 11.0. The zero-order valence-electron chi connectivity index (χ0n) is 12.8. The lowest BCUT2D eigenvalue weighted by atomic mass is 10.2. The first-order valence-electron chi connectivity index (χ1n) is 7.42. The number of fused-ring (bicyclic) bond motifs is 1. The van der Waals surface area contributed by atoms with Gasteiger partial charge in [0.05, 0.1) is 18.0 Å². The number of benzene rings is 1. The molecular formula is C14H19N5O3S. The van der Waals surface area contributed by atoms with Gasteiger partial charge in [0.25, 0.3) is 0 Å². The molecule has 9 heteroatoms. The molecule has 124 valence electrons. The van der Waals surface area contributed by atoms with Crippen molar-refractivity contribution in [1.82, 2.24) is 14.9 Å². The minimum absolute atomic E-state index is 0.203. The van der Waals surface area contributed by atoms with Crippen molar-refractivity contribution in [2.45, 2.75) is 31.3 Å². The number of nitrogens with zero attached hydrogens (tertiary/aromatic N) is 3. The number of nitrogens with two attached hydrogens (primary N) is 1. The molecule has 0 saturated heterocycles. The molecule has 0 spiro atoms. The van der Waals surface area contributed by atoms with Crippen LogP contribution in [0.15, 0.2) is 27.6 Å². The molecule has 0 amide bonds. The van der Waals surface area contributed by atoms with Gasteiger partial charge in [0, 0.05) is 18.8 Å². The van der Waals surface area contributed by atoms with Gasteiger partial charge in [-0.2, -0.15) is 4.98 Å². The fraction of sp³-hybridized carbons (Fsp3) is 0.429. The number of rotatable bonds is 6. The van der Waals surface area contributed by atoms with Gasteiger partial charge in [0.15, 0.2) is 5.82 Å². The Bertz CT molecular complexity index is 802. The molecule has 0 fully saturated rings. The normalized spacial score (nSPS) is 14.3. The van der Waals surface area contributed by atoms with E-state index in [9.17, 15) is 8.42 Å². The third kappa shape index (κ3) is 3.21. The van der Waals surface area contributed by atoms with Crippen molar-refractivity contribution in [2.75, 3.05) is 18.0 Å². The first kappa shape index (κ1) is 15.9. The number of aromatic nitrogens is 2. The van der Waals surface area contributed by atoms with Crippen molar-refractivity contribution < 1.29 is 12.9 Å². The van der Waals surface area contributed by atoms with E-state index in [1.165, 1.54) is 0 Å². The van der Waals surface area contributed by atoms with Crippen molar-refractivity contribution in [3.8, 4) is 0 Å². The number of hydrogen-bond donors (Lipinski definition) is 2. The second kappa shape index (κ2) is 6.26. The number of sulfonamides is 1. The maximum atomic E-state index is 12.2. The van der Waals surface area contributed by atoms with Gasteiger partial charge in [-0.25, -0.2) is 13.1 Å². The average molecular weight is 337 g/mol. The van der Waals surface area contributed by atoms with Gasteiger partial charge in [-0.1, -0.05) is 18.1 Å². The molecule has 0 radical (unpaired) electrons. The zero-order valence-corrected chi connectivity index (χ0v) is 13.6. The quantitative estimate of drug-likeness (QED) is 0.783. The van der Waals surface area contributed by atoms with E-state index in [1.54, 1.807) is 19.1 Å². The summed E-state index contributed by atoms with van der Waals surface area (Å²) in [5.41, 5.74) is 7.47. The van der Waals surface area contributed by atoms with Gasteiger partial charge in [-0.3, -0.25) is 0 Å². The number of nitrogens with one attached hydrogen (secondary N) is 1. The van der Waals surface area contributed by atoms with Crippen LogP contribution in [0.2, 0.25) is 0 Å². The standard InChI is InChI=1S/C14H19N5O3S/c1-2-16-23(20,21)11-4-3-10-5-6-19(12(10)7-11)9-13-17-14(8-15)22-18-13/h3-4,7,16H,2,5-6,8-9,15H2,1H3. The molecule has 23 heavy (non-hydrogen) atoms. The monoisotopic (exact) mass is 337 g/mol. The Morgan fingerprint density at radius 2 is 2.26 bits per heavy atom. The van der Waals surface area contributed by atoms with E-state index < -0.39 is 10.0 Å². The molecule has 1 aromatic carbocycles. The molecule has 0 atom stereocenters. The van der Waals surface area contributed by atoms with Crippen molar-refractivity contribution >= 4 is 15.7 Å². The van der Waals surface area contributed by atoms with Gasteiger partial charge in [0.2, 0.25) is 15.9 Å². The molecule has 2 aromatic rings. The summed E-state index contributed by atoms with van der Waals surface area (Å²) in [5.74, 6) is 0.932. The third-order valence-corrected chi connectivity index (χ3v) is 5.25. The molecule has 3 N–H and O–H groups in total. The lowest BCUT2D eigenvalue weighted by Crippen LogP contribution is -2.24. The minimum Gasteiger partial charge on any atom is -0.363 e. The van der Waals surface area contributed by atoms with Crippen LogP contribution in [0.25, 0.3) is 0 Å². The highest BCUT2D eigenvalue weighted by Crippen LogP contribution is 2.31. The van der Waals surface area contributed by atoms with Gasteiger partial charge >= 0.3 is 0 Å². The molecule has 3 rings (SSSR count). The Labute approximate surface area is 134 Å². The highest BCUT2D eigenvalue weighted by Gasteiger charge is 2.24. The largest absolute Gasteiger partial charge is 0.363 e. The van der Waals surface area contributed by atoms with Crippen molar-refractivity contribution in [2.24, 2.45) is 5.73 Å². The number of anilines is 1. The Kier molecular flexibility index (Phi) is 4.33. The topological polar surface area (TPSA) is 114 Å². The summed E-state index contributed by atoms with van der Waals surface area (Å²) in [6, 6.07) is 5.20. The van der Waals surface area contributed by atoms with Crippen LogP contribution in [0.3, 0.4) is 0 Å². The molecule has 8 nitrogen and oxygen atoms in total. The molecule has 1 aromatic heterocycles. The Balaban J connectivity index is 1.86. The summed E-state index contributed by atoms with van der Waals surface area (Å²) < 4.78 is 31.8. The van der Waals surface area contributed by atoms with E-state index in [1.807, 2.05) is 11.0 Å². The van der Waals surface area contributed by atoms with Crippen LogP contribution in [0.5, 0.6) is 0 Å². The second-order valence-electron chi connectivity index (χ2n) is 5.27. The lowest BCUT2D eigenvalue weighted by molar-refractivity contribution is 0.374. The third-order valence-electron chi connectivity index (χ3n) is 3.71. The van der Waals surface area contributed by atoms with Gasteiger partial charge in [0.1, 0.15) is 0 Å². The predicted molar refractivity (Wildman–Crippen MR) is 84.2 cm³/mol. The zero-order chi connectivity index (χ0) is 16.4. The fourth-order valence-electron chi connectivity index (χ4n) is 2.64. The Hall–Kier alpha value is -1.97. The van der Waals surface area contributed by atoms with E-state index in [-0.39, 0.29) is 11.4 Å². The molecule has 1 aliphatic heterocycles. The molecule has 0 bridgehead atoms. The van der Waals surface area contributed by atoms with Crippen molar-refractivity contribution in [3.05, 3.63) is 35.5 Å². The van der Waals surface area contributed by atoms with Crippen LogP contribution < -0.4 is 15.4 Å². The molecule has 2 heterocycles. The number of hydrogen-bond acceptors (Lipinski definition) is 7. The van der Waals surface area contributed by atoms with Crippen LogP contribution in [0.4, 0.5) is 5.69 Å². The summed E-state index contributed by atoms with van der Waals surface area (Å²) >= 11 is 0. The van der Waals surface area contributed by atoms with Crippen LogP contribution >= 0.6 is 0 Å². The van der Waals surface area contributed by atoms with Gasteiger partial charge < -0.3 is 15.2 Å². The Morgan fingerprint density at radius 1 is 1.43 bits per heavy atom. The van der Waals surface area contributed by atoms with E-state index in [0.29, 0.717) is 24.8 Å². The highest BCUT2D eigenvalue weighted by molar-refractivity contribution is 7.89. The summed E-state index contributed by atoms with van der Waals surface area (Å²) in [6.07, 6.45) is 0.860. The van der Waals surface area contributed by atoms with Gasteiger partial charge in [-0.05, 0) is 24.1 Å². The molecule has 0 unspecified atom stereocenters. The summed E-state index contributed by atoms with van der Waals surface area (Å²) in [7, 11) is -3.47. The summed E-state index contributed by atoms with van der Waals surface area (Å²) in [6.45, 7) is 3.55. The van der Waals surface area contributed by atoms with Crippen molar-refractivity contribution in [3.63, 3.8) is 0 Å². The van der Waals surface area contributed by atoms with Crippen LogP contribution in [-0.4, -0.2) is 31.6 Å². The van der Waals surface area contributed by atoms with Crippen LogP contribution in [0, 0.1) is 0 Å². The smallest absolute Gasteiger partial charge is 0.240 e. The maximum absolute atomic E-state index is 12.2. The highest BCUT2D eigenvalue weighted by atomic mass is 32.2. The molecule has 0 aliphatic carbocycles. The lowest BCUT2D eigenvalue weighted by Gasteiger charge is -2.18. The van der Waals surface area contributed by atoms with E-state index >= 15 is 0 Å². The molecule has 0 saturated carbocycles. The van der Waals surface area contributed by atoms with Crippen molar-refractivity contribution in [1.29, 1.82) is 0 Å². The predicted octanol–water partition coefficient (Wildman–Crippen LogP) is 0.389. The first-order valence-corrected chi connectivity index (χ1v) is 8.91. The Morgan fingerprint density at radius 3 is 2.96 bits per heavy atom. The SMILES string of the molecule is CCNS(=O)(=O)c1ccc2c(c1)N(Cc1noc(CN)n1)CC2. The summed E-state index contributed by atoms with van der Waals surface area (Å²) in [4.78, 5) is 6.50. The summed E-state index contributed by atoms with van der Waals surface area (Å²) in [5, 5.41) is 3.89. The van der Waals surface area contributed by atoms with Crippen LogP contribution in [-0.2, 0) is 29.5 Å². The minimum atomic E-state index is -3.47. The van der Waals surface area contributed by atoms with Gasteiger partial charge in [-0.15, -0.1) is 0 Å². The molecular weight excluding hydrogens is 318 g/mol. The van der Waals surface area contributed by atoms with Crippen LogP contribution in [0.1, 0.15) is 24.2 Å². The van der Waals surface area contributed by atoms with E-state index in [4.69, 9.17) is 10.3 Å². The molecule has 1 aliphatic rings.